The van der Waals surface area contributed by atoms with E-state index in [1.165, 1.54) is 0 Å². The standard InChI is InChI=1S/C14H20BrNO3/c1-10(2)9-19-14(17)16-6-7-18-12-4-5-13(15)11(3)8-12/h4-5,8,10H,6-7,9H2,1-3H3,(H,16,17). The Hall–Kier alpha value is -1.23. The molecule has 0 atom stereocenters. The van der Waals surface area contributed by atoms with E-state index in [9.17, 15) is 4.79 Å². The maximum atomic E-state index is 11.3. The Balaban J connectivity index is 2.20. The van der Waals surface area contributed by atoms with Gasteiger partial charge in [-0.2, -0.15) is 0 Å². The van der Waals surface area contributed by atoms with E-state index < -0.39 is 6.09 Å². The Morgan fingerprint density at radius 1 is 1.42 bits per heavy atom. The summed E-state index contributed by atoms with van der Waals surface area (Å²) in [5.74, 6) is 1.13. The Labute approximate surface area is 122 Å². The van der Waals surface area contributed by atoms with E-state index in [0.717, 1.165) is 15.8 Å². The molecule has 0 spiro atoms. The average molecular weight is 330 g/mol. The number of carbonyl (C=O) groups is 1. The van der Waals surface area contributed by atoms with Gasteiger partial charge >= 0.3 is 6.09 Å². The third-order valence-corrected chi connectivity index (χ3v) is 3.21. The van der Waals surface area contributed by atoms with Gasteiger partial charge in [0.05, 0.1) is 13.2 Å². The molecule has 1 N–H and O–H groups in total. The van der Waals surface area contributed by atoms with Gasteiger partial charge in [0.15, 0.2) is 0 Å². The van der Waals surface area contributed by atoms with E-state index in [1.807, 2.05) is 39.0 Å². The summed E-state index contributed by atoms with van der Waals surface area (Å²) in [4.78, 5) is 11.3. The highest BCUT2D eigenvalue weighted by Crippen LogP contribution is 2.21. The molecule has 0 aromatic heterocycles. The highest BCUT2D eigenvalue weighted by atomic mass is 79.9. The maximum absolute atomic E-state index is 11.3. The van der Waals surface area contributed by atoms with Crippen LogP contribution in [0.1, 0.15) is 19.4 Å². The number of alkyl carbamates (subject to hydrolysis) is 1. The summed E-state index contributed by atoms with van der Waals surface area (Å²) >= 11 is 3.43. The third kappa shape index (κ3) is 6.47. The van der Waals surface area contributed by atoms with Crippen molar-refractivity contribution in [2.75, 3.05) is 19.8 Å². The highest BCUT2D eigenvalue weighted by Gasteiger charge is 2.03. The lowest BCUT2D eigenvalue weighted by Crippen LogP contribution is -2.29. The van der Waals surface area contributed by atoms with Crippen LogP contribution >= 0.6 is 15.9 Å². The molecule has 0 aliphatic carbocycles. The normalized spacial score (nSPS) is 10.4. The van der Waals surface area contributed by atoms with Crippen LogP contribution in [0.3, 0.4) is 0 Å². The molecule has 0 aliphatic rings. The molecule has 4 nitrogen and oxygen atoms in total. The summed E-state index contributed by atoms with van der Waals surface area (Å²) in [5, 5.41) is 2.64. The van der Waals surface area contributed by atoms with Crippen LogP contribution in [0.2, 0.25) is 0 Å². The van der Waals surface area contributed by atoms with Crippen molar-refractivity contribution in [3.05, 3.63) is 28.2 Å². The molecule has 1 rings (SSSR count). The van der Waals surface area contributed by atoms with Crippen LogP contribution in [-0.4, -0.2) is 25.9 Å². The van der Waals surface area contributed by atoms with Crippen LogP contribution < -0.4 is 10.1 Å². The molecule has 0 fully saturated rings. The van der Waals surface area contributed by atoms with E-state index in [4.69, 9.17) is 9.47 Å². The molecule has 106 valence electrons. The number of amides is 1. The Morgan fingerprint density at radius 3 is 2.79 bits per heavy atom. The second-order valence-corrected chi connectivity index (χ2v) is 5.53. The number of hydrogen-bond donors (Lipinski definition) is 1. The molecule has 1 aromatic rings. The molecule has 0 saturated heterocycles. The highest BCUT2D eigenvalue weighted by molar-refractivity contribution is 9.10. The summed E-state index contributed by atoms with van der Waals surface area (Å²) in [7, 11) is 0. The number of halogens is 1. The number of aryl methyl sites for hydroxylation is 1. The summed E-state index contributed by atoms with van der Waals surface area (Å²) in [5.41, 5.74) is 1.11. The summed E-state index contributed by atoms with van der Waals surface area (Å²) in [6.45, 7) is 7.25. The van der Waals surface area contributed by atoms with Crippen molar-refractivity contribution in [1.82, 2.24) is 5.32 Å². The topological polar surface area (TPSA) is 47.6 Å². The minimum atomic E-state index is -0.399. The van der Waals surface area contributed by atoms with E-state index in [2.05, 4.69) is 21.2 Å². The first-order valence-electron chi connectivity index (χ1n) is 6.28. The number of rotatable bonds is 6. The zero-order valence-corrected chi connectivity index (χ0v) is 13.1. The van der Waals surface area contributed by atoms with Gasteiger partial charge in [0.1, 0.15) is 12.4 Å². The van der Waals surface area contributed by atoms with Gasteiger partial charge in [0.2, 0.25) is 0 Å². The summed E-state index contributed by atoms with van der Waals surface area (Å²) in [6.07, 6.45) is -0.399. The number of benzene rings is 1. The number of nitrogens with one attached hydrogen (secondary N) is 1. The molecule has 1 amide bonds. The van der Waals surface area contributed by atoms with Crippen LogP contribution in [0.5, 0.6) is 5.75 Å². The molecular weight excluding hydrogens is 310 g/mol. The lowest BCUT2D eigenvalue weighted by Gasteiger charge is -2.10. The Bertz CT molecular complexity index is 421. The Morgan fingerprint density at radius 2 is 2.16 bits per heavy atom. The lowest BCUT2D eigenvalue weighted by molar-refractivity contribution is 0.131. The van der Waals surface area contributed by atoms with Crippen molar-refractivity contribution in [1.29, 1.82) is 0 Å². The molecule has 0 heterocycles. The van der Waals surface area contributed by atoms with Crippen LogP contribution in [-0.2, 0) is 4.74 Å². The van der Waals surface area contributed by atoms with Crippen LogP contribution in [0.25, 0.3) is 0 Å². The zero-order valence-electron chi connectivity index (χ0n) is 11.5. The molecule has 0 aliphatic heterocycles. The minimum absolute atomic E-state index is 0.341. The van der Waals surface area contributed by atoms with E-state index in [1.54, 1.807) is 0 Å². The fraction of sp³-hybridized carbons (Fsp3) is 0.500. The van der Waals surface area contributed by atoms with Gasteiger partial charge in [-0.25, -0.2) is 4.79 Å². The van der Waals surface area contributed by atoms with Gasteiger partial charge in [0.25, 0.3) is 0 Å². The lowest BCUT2D eigenvalue weighted by atomic mass is 10.2. The number of carbonyl (C=O) groups excluding carboxylic acids is 1. The van der Waals surface area contributed by atoms with Gasteiger partial charge in [-0.3, -0.25) is 0 Å². The third-order valence-electron chi connectivity index (χ3n) is 2.32. The first-order chi connectivity index (χ1) is 8.99. The van der Waals surface area contributed by atoms with Crippen molar-refractivity contribution in [3.63, 3.8) is 0 Å². The molecule has 0 unspecified atom stereocenters. The first-order valence-corrected chi connectivity index (χ1v) is 7.08. The fourth-order valence-corrected chi connectivity index (χ4v) is 1.57. The van der Waals surface area contributed by atoms with E-state index in [0.29, 0.717) is 25.7 Å². The first kappa shape index (κ1) is 15.8. The van der Waals surface area contributed by atoms with E-state index >= 15 is 0 Å². The average Bonchev–Trinajstić information content (AvgIpc) is 2.36. The second kappa shape index (κ2) is 8.04. The largest absolute Gasteiger partial charge is 0.492 e. The molecule has 19 heavy (non-hydrogen) atoms. The maximum Gasteiger partial charge on any atom is 0.407 e. The van der Waals surface area contributed by atoms with Gasteiger partial charge < -0.3 is 14.8 Å². The SMILES string of the molecule is Cc1cc(OCCNC(=O)OCC(C)C)ccc1Br. The minimum Gasteiger partial charge on any atom is -0.492 e. The number of ether oxygens (including phenoxy) is 2. The smallest absolute Gasteiger partial charge is 0.407 e. The van der Waals surface area contributed by atoms with E-state index in [-0.39, 0.29) is 0 Å². The van der Waals surface area contributed by atoms with Gasteiger partial charge in [-0.1, -0.05) is 29.8 Å². The van der Waals surface area contributed by atoms with Crippen LogP contribution in [0.4, 0.5) is 4.79 Å². The van der Waals surface area contributed by atoms with Gasteiger partial charge in [-0.15, -0.1) is 0 Å². The second-order valence-electron chi connectivity index (χ2n) is 4.68. The molecule has 5 heteroatoms. The quantitative estimate of drug-likeness (QED) is 0.812. The predicted octanol–water partition coefficient (Wildman–Crippen LogP) is 3.52. The Kier molecular flexibility index (Phi) is 6.70. The summed E-state index contributed by atoms with van der Waals surface area (Å²) < 4.78 is 11.6. The van der Waals surface area contributed by atoms with Gasteiger partial charge in [0, 0.05) is 4.47 Å². The van der Waals surface area contributed by atoms with Crippen molar-refractivity contribution in [2.24, 2.45) is 5.92 Å². The molecule has 0 saturated carbocycles. The molecular formula is C14H20BrNO3. The van der Waals surface area contributed by atoms with Crippen molar-refractivity contribution < 1.29 is 14.3 Å². The summed E-state index contributed by atoms with van der Waals surface area (Å²) in [6, 6.07) is 5.77. The zero-order chi connectivity index (χ0) is 14.3. The molecule has 0 bridgehead atoms. The van der Waals surface area contributed by atoms with Crippen molar-refractivity contribution in [2.45, 2.75) is 20.8 Å². The van der Waals surface area contributed by atoms with Gasteiger partial charge in [-0.05, 0) is 36.6 Å². The van der Waals surface area contributed by atoms with Crippen molar-refractivity contribution in [3.8, 4) is 5.75 Å². The van der Waals surface area contributed by atoms with Crippen molar-refractivity contribution >= 4 is 22.0 Å². The van der Waals surface area contributed by atoms with Crippen LogP contribution in [0, 0.1) is 12.8 Å². The number of hydrogen-bond acceptors (Lipinski definition) is 3. The molecule has 1 aromatic carbocycles. The van der Waals surface area contributed by atoms with Crippen LogP contribution in [0.15, 0.2) is 22.7 Å². The fourth-order valence-electron chi connectivity index (χ4n) is 1.32. The molecule has 0 radical (unpaired) electrons. The monoisotopic (exact) mass is 329 g/mol. The predicted molar refractivity (Wildman–Crippen MR) is 78.6 cm³/mol.